The minimum absolute atomic E-state index is 0.00458. The number of aromatic nitrogens is 3. The topological polar surface area (TPSA) is 80.1 Å². The normalized spacial score (nSPS) is 10.6. The van der Waals surface area contributed by atoms with Gasteiger partial charge in [-0.15, -0.1) is 10.2 Å². The van der Waals surface area contributed by atoms with Crippen LogP contribution in [0, 0.1) is 20.8 Å². The van der Waals surface area contributed by atoms with E-state index in [2.05, 4.69) is 15.5 Å². The minimum atomic E-state index is -0.218. The molecule has 1 N–H and O–H groups in total. The second-order valence-electron chi connectivity index (χ2n) is 5.99. The van der Waals surface area contributed by atoms with E-state index in [0.717, 1.165) is 22.6 Å². The Balaban J connectivity index is 1.86. The first-order valence-corrected chi connectivity index (χ1v) is 8.86. The molecule has 2 rings (SSSR count). The monoisotopic (exact) mass is 361 g/mol. The number of anilines is 1. The molecule has 0 fully saturated rings. The number of aryl methyl sites for hydroxylation is 3. The Morgan fingerprint density at radius 3 is 2.60 bits per heavy atom. The van der Waals surface area contributed by atoms with Gasteiger partial charge in [0.1, 0.15) is 5.82 Å². The number of hydrogen-bond acceptors (Lipinski definition) is 5. The Kier molecular flexibility index (Phi) is 6.19. The van der Waals surface area contributed by atoms with Crippen LogP contribution in [-0.4, -0.2) is 50.8 Å². The number of benzene rings is 1. The highest BCUT2D eigenvalue weighted by atomic mass is 32.2. The number of carbonyl (C=O) groups excluding carboxylic acids is 2. The molecule has 0 aliphatic heterocycles. The molecule has 0 bridgehead atoms. The Hall–Kier alpha value is -2.35. The lowest BCUT2D eigenvalue weighted by molar-refractivity contribution is -0.131. The summed E-state index contributed by atoms with van der Waals surface area (Å²) in [6.45, 7) is 5.76. The number of thioether (sulfide) groups is 1. The van der Waals surface area contributed by atoms with Gasteiger partial charge in [-0.1, -0.05) is 23.9 Å². The average Bonchev–Trinajstić information content (AvgIpc) is 2.87. The predicted molar refractivity (Wildman–Crippen MR) is 98.6 cm³/mol. The van der Waals surface area contributed by atoms with Crippen LogP contribution in [0.3, 0.4) is 0 Å². The molecule has 1 aromatic carbocycles. The summed E-state index contributed by atoms with van der Waals surface area (Å²) in [5.41, 5.74) is 2.83. The van der Waals surface area contributed by atoms with E-state index in [9.17, 15) is 9.59 Å². The summed E-state index contributed by atoms with van der Waals surface area (Å²) in [4.78, 5) is 25.8. The van der Waals surface area contributed by atoms with Crippen molar-refractivity contribution in [1.82, 2.24) is 19.7 Å². The van der Waals surface area contributed by atoms with Crippen LogP contribution in [0.15, 0.2) is 23.4 Å². The van der Waals surface area contributed by atoms with Gasteiger partial charge in [-0.3, -0.25) is 9.59 Å². The number of carbonyl (C=O) groups is 2. The fourth-order valence-corrected chi connectivity index (χ4v) is 3.01. The number of likely N-dealkylation sites (N-methyl/N-ethyl adjacent to an activating group) is 1. The largest absolute Gasteiger partial charge is 0.336 e. The Morgan fingerprint density at radius 1 is 1.24 bits per heavy atom. The minimum Gasteiger partial charge on any atom is -0.336 e. The third-order valence-electron chi connectivity index (χ3n) is 3.85. The fourth-order valence-electron chi connectivity index (χ4n) is 2.11. The maximum Gasteiger partial charge on any atom is 0.243 e. The summed E-state index contributed by atoms with van der Waals surface area (Å²) in [5, 5.41) is 11.5. The molecule has 1 heterocycles. The van der Waals surface area contributed by atoms with Crippen molar-refractivity contribution in [2.75, 3.05) is 24.7 Å². The zero-order chi connectivity index (χ0) is 18.6. The van der Waals surface area contributed by atoms with E-state index in [4.69, 9.17) is 0 Å². The van der Waals surface area contributed by atoms with Crippen LogP contribution >= 0.6 is 11.8 Å². The summed E-state index contributed by atoms with van der Waals surface area (Å²) >= 11 is 1.31. The van der Waals surface area contributed by atoms with Crippen LogP contribution in [0.5, 0.6) is 0 Å². The van der Waals surface area contributed by atoms with Crippen molar-refractivity contribution in [3.8, 4) is 0 Å². The SMILES string of the molecule is Cc1ccc(C)c(NC(=O)CN(C)C(=O)CSc2nnc(C)n2C)c1. The van der Waals surface area contributed by atoms with Crippen LogP contribution in [0.2, 0.25) is 0 Å². The lowest BCUT2D eigenvalue weighted by atomic mass is 10.1. The van der Waals surface area contributed by atoms with E-state index in [1.165, 1.54) is 16.7 Å². The summed E-state index contributed by atoms with van der Waals surface area (Å²) in [6.07, 6.45) is 0. The summed E-state index contributed by atoms with van der Waals surface area (Å²) in [6, 6.07) is 5.87. The number of rotatable bonds is 6. The van der Waals surface area contributed by atoms with E-state index in [-0.39, 0.29) is 24.1 Å². The van der Waals surface area contributed by atoms with Gasteiger partial charge >= 0.3 is 0 Å². The maximum absolute atomic E-state index is 12.2. The number of hydrogen-bond donors (Lipinski definition) is 1. The zero-order valence-electron chi connectivity index (χ0n) is 15.2. The van der Waals surface area contributed by atoms with E-state index in [1.807, 2.05) is 50.6 Å². The smallest absolute Gasteiger partial charge is 0.243 e. The maximum atomic E-state index is 12.2. The number of amides is 2. The Morgan fingerprint density at radius 2 is 1.96 bits per heavy atom. The summed E-state index contributed by atoms with van der Waals surface area (Å²) in [7, 11) is 3.47. The first-order chi connectivity index (χ1) is 11.8. The molecule has 8 heteroatoms. The lowest BCUT2D eigenvalue weighted by Gasteiger charge is -2.17. The molecule has 0 spiro atoms. The van der Waals surface area contributed by atoms with Gasteiger partial charge in [0.05, 0.1) is 12.3 Å². The summed E-state index contributed by atoms with van der Waals surface area (Å²) in [5.74, 6) is 0.640. The van der Waals surface area contributed by atoms with E-state index in [1.54, 1.807) is 7.05 Å². The van der Waals surface area contributed by atoms with Gasteiger partial charge in [-0.2, -0.15) is 0 Å². The zero-order valence-corrected chi connectivity index (χ0v) is 16.0. The van der Waals surface area contributed by atoms with Crippen molar-refractivity contribution < 1.29 is 9.59 Å². The third kappa shape index (κ3) is 5.06. The van der Waals surface area contributed by atoms with Crippen molar-refractivity contribution in [3.63, 3.8) is 0 Å². The van der Waals surface area contributed by atoms with Crippen molar-refractivity contribution in [1.29, 1.82) is 0 Å². The van der Waals surface area contributed by atoms with Gasteiger partial charge in [0.2, 0.25) is 11.8 Å². The predicted octanol–water partition coefficient (Wildman–Crippen LogP) is 1.93. The van der Waals surface area contributed by atoms with Crippen molar-refractivity contribution in [2.45, 2.75) is 25.9 Å². The molecule has 0 aliphatic rings. The molecule has 0 saturated heterocycles. The standard InChI is InChI=1S/C17H23N5O2S/c1-11-6-7-12(2)14(8-11)18-15(23)9-21(4)16(24)10-25-17-20-19-13(3)22(17)5/h6-8H,9-10H2,1-5H3,(H,18,23). The van der Waals surface area contributed by atoms with Gasteiger partial charge in [-0.05, 0) is 38.0 Å². The van der Waals surface area contributed by atoms with Gasteiger partial charge in [-0.25, -0.2) is 0 Å². The third-order valence-corrected chi connectivity index (χ3v) is 4.86. The van der Waals surface area contributed by atoms with E-state index < -0.39 is 0 Å². The molecule has 0 saturated carbocycles. The quantitative estimate of drug-likeness (QED) is 0.795. The first-order valence-electron chi connectivity index (χ1n) is 7.87. The van der Waals surface area contributed by atoms with Crippen molar-refractivity contribution in [2.24, 2.45) is 7.05 Å². The molecule has 0 unspecified atom stereocenters. The fraction of sp³-hybridized carbons (Fsp3) is 0.412. The van der Waals surface area contributed by atoms with Gasteiger partial charge < -0.3 is 14.8 Å². The molecule has 0 atom stereocenters. The average molecular weight is 361 g/mol. The molecule has 2 amide bonds. The highest BCUT2D eigenvalue weighted by Crippen LogP contribution is 2.17. The Labute approximate surface area is 151 Å². The van der Waals surface area contributed by atoms with Gasteiger partial charge in [0.25, 0.3) is 0 Å². The number of nitrogens with one attached hydrogen (secondary N) is 1. The molecule has 25 heavy (non-hydrogen) atoms. The number of nitrogens with zero attached hydrogens (tertiary/aromatic N) is 4. The molecule has 2 aromatic rings. The second-order valence-corrected chi connectivity index (χ2v) is 6.94. The molecule has 1 aromatic heterocycles. The lowest BCUT2D eigenvalue weighted by Crippen LogP contribution is -2.36. The van der Waals surface area contributed by atoms with E-state index in [0.29, 0.717) is 5.16 Å². The summed E-state index contributed by atoms with van der Waals surface area (Å²) < 4.78 is 1.82. The van der Waals surface area contributed by atoms with Crippen LogP contribution in [0.4, 0.5) is 5.69 Å². The van der Waals surface area contributed by atoms with Crippen LogP contribution in [0.25, 0.3) is 0 Å². The van der Waals surface area contributed by atoms with Crippen LogP contribution in [0.1, 0.15) is 17.0 Å². The molecular weight excluding hydrogens is 338 g/mol. The van der Waals surface area contributed by atoms with Crippen molar-refractivity contribution in [3.05, 3.63) is 35.2 Å². The molecule has 7 nitrogen and oxygen atoms in total. The Bertz CT molecular complexity index is 787. The van der Waals surface area contributed by atoms with Crippen LogP contribution in [-0.2, 0) is 16.6 Å². The van der Waals surface area contributed by atoms with Gasteiger partial charge in [0, 0.05) is 19.8 Å². The molecule has 134 valence electrons. The molecule has 0 radical (unpaired) electrons. The van der Waals surface area contributed by atoms with E-state index >= 15 is 0 Å². The molecule has 0 aliphatic carbocycles. The second kappa shape index (κ2) is 8.15. The molecular formula is C17H23N5O2S. The first kappa shape index (κ1) is 19.0. The van der Waals surface area contributed by atoms with Crippen LogP contribution < -0.4 is 5.32 Å². The van der Waals surface area contributed by atoms with Gasteiger partial charge in [0.15, 0.2) is 5.16 Å². The highest BCUT2D eigenvalue weighted by molar-refractivity contribution is 7.99. The highest BCUT2D eigenvalue weighted by Gasteiger charge is 2.16. The van der Waals surface area contributed by atoms with Crippen molar-refractivity contribution >= 4 is 29.3 Å².